The molecule has 2 amide bonds. The predicted molar refractivity (Wildman–Crippen MR) is 117 cm³/mol. The first kappa shape index (κ1) is 7.99. The van der Waals surface area contributed by atoms with Gasteiger partial charge in [-0.25, -0.2) is 4.79 Å². The molecule has 156 valence electrons. The minimum Gasteiger partial charge on any atom is -0.368 e. The molecule has 3 rings (SSSR count). The van der Waals surface area contributed by atoms with Crippen LogP contribution in [0.2, 0.25) is 5.02 Å². The molecule has 1 N–H and O–H groups in total. The van der Waals surface area contributed by atoms with E-state index in [2.05, 4.69) is 0 Å². The number of halogens is 1. The summed E-state index contributed by atoms with van der Waals surface area (Å²) in [6, 6.07) is -6.47. The summed E-state index contributed by atoms with van der Waals surface area (Å²) in [6.07, 6.45) is -17.1. The van der Waals surface area contributed by atoms with E-state index >= 15 is 0 Å². The molecule has 1 saturated heterocycles. The number of anilines is 1. The van der Waals surface area contributed by atoms with Crippen molar-refractivity contribution in [1.29, 1.82) is 0 Å². The number of rotatable bonds is 5. The van der Waals surface area contributed by atoms with Gasteiger partial charge in [0.05, 0.1) is 16.2 Å². The van der Waals surface area contributed by atoms with Crippen LogP contribution < -0.4 is 10.2 Å². The van der Waals surface area contributed by atoms with Crippen molar-refractivity contribution in [2.24, 2.45) is 5.89 Å². The Morgan fingerprint density at radius 2 is 2.11 bits per heavy atom. The van der Waals surface area contributed by atoms with Crippen molar-refractivity contribution >= 4 is 23.3 Å². The van der Waals surface area contributed by atoms with Crippen molar-refractivity contribution in [3.8, 4) is 0 Å². The molecule has 6 heteroatoms. The summed E-state index contributed by atoms with van der Waals surface area (Å²) in [4.78, 5) is 15.4. The second kappa shape index (κ2) is 9.84. The molecule has 0 aromatic heterocycles. The average Bonchev–Trinajstić information content (AvgIpc) is 2.93. The van der Waals surface area contributed by atoms with Gasteiger partial charge in [-0.1, -0.05) is 23.7 Å². The quantitative estimate of drug-likeness (QED) is 0.776. The number of nitrogens with zero attached hydrogens (tertiary/aromatic N) is 3. The molecule has 5 nitrogen and oxygen atoms in total. The lowest BCUT2D eigenvalue weighted by Gasteiger charge is -2.37. The van der Waals surface area contributed by atoms with Crippen molar-refractivity contribution in [2.75, 3.05) is 51.6 Å². The summed E-state index contributed by atoms with van der Waals surface area (Å²) in [5, 5.41) is 1.58. The molecule has 2 fully saturated rings. The van der Waals surface area contributed by atoms with Crippen LogP contribution in [-0.2, 0) is 0 Å². The number of hydrogen-bond acceptors (Lipinski definition) is 3. The maximum Gasteiger partial charge on any atom is 0.317 e. The SMILES string of the molecule is [2H]c1c([2H])c(C)c(Cl)c(N2CCN(C([2H])([2H])C[C@]3([2H])C([2H])([2H])C([2H])([2H])[C@@]([2H])(NC(=O)N(C)C([2H])([2H])[2H])C([2H])([2H])C3([2H])[2H])CC2)c1[2H]. The molecule has 1 saturated carbocycles. The monoisotopic (exact) mass is 424 g/mol. The Bertz CT molecular complexity index is 1320. The maximum absolute atomic E-state index is 12.7. The third kappa shape index (κ3) is 5.54. The second-order valence-corrected chi connectivity index (χ2v) is 6.69. The fourth-order valence-electron chi connectivity index (χ4n) is 2.65. The van der Waals surface area contributed by atoms with Gasteiger partial charge in [-0.3, -0.25) is 4.90 Å². The zero-order valence-electron chi connectivity index (χ0n) is 33.7. The topological polar surface area (TPSA) is 38.8 Å². The third-order valence-electron chi connectivity index (χ3n) is 4.26. The summed E-state index contributed by atoms with van der Waals surface area (Å²) < 4.78 is 150. The van der Waals surface area contributed by atoms with Gasteiger partial charge < -0.3 is 15.1 Å². The molecule has 0 radical (unpaired) electrons. The molecular formula is C22H35ClN4O. The molecule has 1 aliphatic heterocycles. The zero-order valence-corrected chi connectivity index (χ0v) is 16.4. The minimum atomic E-state index is -3.94. The second-order valence-electron chi connectivity index (χ2n) is 6.31. The van der Waals surface area contributed by atoms with Crippen LogP contribution in [0, 0.1) is 12.8 Å². The van der Waals surface area contributed by atoms with Crippen molar-refractivity contribution < 1.29 is 29.5 Å². The van der Waals surface area contributed by atoms with E-state index in [0.717, 1.165) is 11.9 Å². The summed E-state index contributed by atoms with van der Waals surface area (Å²) in [7, 11) is 0.724. The van der Waals surface area contributed by atoms with Crippen LogP contribution in [0.5, 0.6) is 0 Å². The van der Waals surface area contributed by atoms with Gasteiger partial charge in [-0.05, 0) is 62.8 Å². The van der Waals surface area contributed by atoms with Gasteiger partial charge >= 0.3 is 6.03 Å². The summed E-state index contributed by atoms with van der Waals surface area (Å²) >= 11 is 6.39. The van der Waals surface area contributed by atoms with Gasteiger partial charge in [0.25, 0.3) is 0 Å². The average molecular weight is 425 g/mol. The first-order valence-corrected chi connectivity index (χ1v) is 9.08. The maximum atomic E-state index is 12.7. The lowest BCUT2D eigenvalue weighted by Crippen LogP contribution is -2.47. The number of urea groups is 1. The van der Waals surface area contributed by atoms with E-state index < -0.39 is 63.3 Å². The highest BCUT2D eigenvalue weighted by Gasteiger charge is 2.24. The van der Waals surface area contributed by atoms with Gasteiger partial charge in [-0.2, -0.15) is 0 Å². The Labute approximate surface area is 200 Å². The molecular weight excluding hydrogens is 372 g/mol. The molecule has 2 aliphatic rings. The van der Waals surface area contributed by atoms with Crippen molar-refractivity contribution in [2.45, 2.75) is 44.9 Å². The number of carbonyl (C=O) groups is 1. The smallest absolute Gasteiger partial charge is 0.317 e. The Hall–Kier alpha value is -1.46. The minimum absolute atomic E-state index is 0.00729. The predicted octanol–water partition coefficient (Wildman–Crippen LogP) is 3.99. The highest BCUT2D eigenvalue weighted by atomic mass is 35.5. The molecule has 28 heavy (non-hydrogen) atoms. The molecule has 1 aromatic carbocycles. The lowest BCUT2D eigenvalue weighted by molar-refractivity contribution is 0.194. The molecule has 0 atom stereocenters. The first-order chi connectivity index (χ1) is 20.4. The van der Waals surface area contributed by atoms with Crippen LogP contribution in [0.25, 0.3) is 0 Å². The fraction of sp³-hybridized carbons (Fsp3) is 0.682. The fourth-order valence-corrected chi connectivity index (χ4v) is 2.86. The molecule has 0 bridgehead atoms. The third-order valence-corrected chi connectivity index (χ3v) is 4.72. The molecule has 1 heterocycles. The summed E-state index contributed by atoms with van der Waals surface area (Å²) in [5.74, 6) is -3.57. The lowest BCUT2D eigenvalue weighted by atomic mass is 9.84. The van der Waals surface area contributed by atoms with Gasteiger partial charge in [0.15, 0.2) is 0 Å². The number of benzene rings is 1. The van der Waals surface area contributed by atoms with Crippen molar-refractivity contribution in [3.63, 3.8) is 0 Å². The Kier molecular flexibility index (Phi) is 2.81. The highest BCUT2D eigenvalue weighted by molar-refractivity contribution is 6.34. The number of hydrogen-bond donors (Lipinski definition) is 1. The van der Waals surface area contributed by atoms with Gasteiger partial charge in [0.2, 0.25) is 0 Å². The standard InChI is InChI=1S/C22H35ClN4O/c1-17-5-4-6-20(21(17)23)27-15-13-26(14-16-27)12-11-18-7-9-19(10-8-18)24-22(28)25(2)3/h4-6,18-19H,7-16H2,1-3H3,(H,24,28)/t18-,19-/i2D3,4D,5D,6D,7D2,8D2,9D2,10D2,12D2,18D,19D. The van der Waals surface area contributed by atoms with Crippen LogP contribution in [0.3, 0.4) is 0 Å². The summed E-state index contributed by atoms with van der Waals surface area (Å²) in [6.45, 7) is -4.76. The van der Waals surface area contributed by atoms with Crippen LogP contribution in [0.15, 0.2) is 18.1 Å². The van der Waals surface area contributed by atoms with Gasteiger partial charge in [0, 0.05) is 65.4 Å². The number of carbonyl (C=O) groups excluding carboxylic acids is 1. The zero-order chi connectivity index (χ0) is 36.0. The van der Waals surface area contributed by atoms with Crippen LogP contribution in [-0.4, -0.2) is 68.5 Å². The first-order valence-electron chi connectivity index (χ1n) is 17.7. The van der Waals surface area contributed by atoms with Crippen LogP contribution in [0.4, 0.5) is 10.5 Å². The molecule has 1 aliphatic carbocycles. The van der Waals surface area contributed by atoms with Crippen molar-refractivity contribution in [3.05, 3.63) is 28.7 Å². The number of piperazine rings is 1. The highest BCUT2D eigenvalue weighted by Crippen LogP contribution is 2.30. The van der Waals surface area contributed by atoms with Crippen LogP contribution >= 0.6 is 11.6 Å². The van der Waals surface area contributed by atoms with Gasteiger partial charge in [-0.15, -0.1) is 0 Å². The Morgan fingerprint density at radius 1 is 1.39 bits per heavy atom. The Balaban J connectivity index is 1.98. The van der Waals surface area contributed by atoms with E-state index in [1.54, 1.807) is 4.90 Å². The molecule has 0 spiro atoms. The van der Waals surface area contributed by atoms with E-state index in [-0.39, 0.29) is 65.5 Å². The normalized spacial score (nSPS) is 46.3. The van der Waals surface area contributed by atoms with E-state index in [4.69, 9.17) is 36.3 Å². The number of amides is 2. The van der Waals surface area contributed by atoms with E-state index in [1.807, 2.05) is 0 Å². The van der Waals surface area contributed by atoms with E-state index in [1.165, 1.54) is 12.2 Å². The van der Waals surface area contributed by atoms with Crippen molar-refractivity contribution in [1.82, 2.24) is 15.1 Å². The van der Waals surface area contributed by atoms with E-state index in [0.29, 0.717) is 0 Å². The molecule has 0 unspecified atom stereocenters. The molecule has 1 aromatic rings. The van der Waals surface area contributed by atoms with Gasteiger partial charge in [0.1, 0.15) is 0 Å². The largest absolute Gasteiger partial charge is 0.368 e. The van der Waals surface area contributed by atoms with E-state index in [9.17, 15) is 4.79 Å². The Morgan fingerprint density at radius 3 is 2.79 bits per heavy atom. The van der Waals surface area contributed by atoms with Crippen LogP contribution in [0.1, 0.15) is 62.1 Å². The summed E-state index contributed by atoms with van der Waals surface area (Å²) in [5.41, 5.74) is 0.417. The number of nitrogens with one attached hydrogen (secondary N) is 1.